The van der Waals surface area contributed by atoms with E-state index >= 15 is 0 Å². The quantitative estimate of drug-likeness (QED) is 0.851. The van der Waals surface area contributed by atoms with Gasteiger partial charge in [0.2, 0.25) is 0 Å². The van der Waals surface area contributed by atoms with Crippen LogP contribution in [-0.2, 0) is 6.54 Å². The largest absolute Gasteiger partial charge is 0.371 e. The van der Waals surface area contributed by atoms with Crippen molar-refractivity contribution in [3.8, 4) is 6.07 Å². The molecular formula is C16H23N3. The van der Waals surface area contributed by atoms with E-state index in [1.165, 1.54) is 18.4 Å². The standard InChI is InChI=1S/C16H23N3/c1-12(2)10-18-11-13-4-7-16(14(8-13)9-17)19(3)15-5-6-15/h4,7-8,12,15,18H,5-6,10-11H2,1-3H3. The molecule has 0 amide bonds. The third kappa shape index (κ3) is 3.71. The highest BCUT2D eigenvalue weighted by molar-refractivity contribution is 5.61. The Morgan fingerprint density at radius 2 is 2.16 bits per heavy atom. The Bertz CT molecular complexity index is 469. The molecule has 1 N–H and O–H groups in total. The summed E-state index contributed by atoms with van der Waals surface area (Å²) >= 11 is 0. The first-order valence-electron chi connectivity index (χ1n) is 7.08. The normalized spacial score (nSPS) is 14.5. The molecule has 1 aliphatic carbocycles. The Labute approximate surface area is 116 Å². The Morgan fingerprint density at radius 1 is 1.42 bits per heavy atom. The van der Waals surface area contributed by atoms with Crippen molar-refractivity contribution < 1.29 is 0 Å². The lowest BCUT2D eigenvalue weighted by Crippen LogP contribution is -2.21. The first-order valence-corrected chi connectivity index (χ1v) is 7.08. The van der Waals surface area contributed by atoms with Crippen LogP contribution in [0.2, 0.25) is 0 Å². The Hall–Kier alpha value is -1.53. The highest BCUT2D eigenvalue weighted by Crippen LogP contribution is 2.32. The van der Waals surface area contributed by atoms with Crippen LogP contribution < -0.4 is 10.2 Å². The fraction of sp³-hybridized carbons (Fsp3) is 0.562. The first-order chi connectivity index (χ1) is 9.11. The summed E-state index contributed by atoms with van der Waals surface area (Å²) in [5.74, 6) is 0.649. The zero-order chi connectivity index (χ0) is 13.8. The van der Waals surface area contributed by atoms with Crippen molar-refractivity contribution in [1.82, 2.24) is 5.32 Å². The molecule has 1 saturated carbocycles. The Balaban J connectivity index is 2.05. The lowest BCUT2D eigenvalue weighted by molar-refractivity contribution is 0.552. The van der Waals surface area contributed by atoms with Crippen LogP contribution in [0.5, 0.6) is 0 Å². The number of nitrogens with zero attached hydrogens (tertiary/aromatic N) is 2. The van der Waals surface area contributed by atoms with Crippen molar-refractivity contribution in [2.75, 3.05) is 18.5 Å². The van der Waals surface area contributed by atoms with E-state index in [9.17, 15) is 5.26 Å². The van der Waals surface area contributed by atoms with Crippen LogP contribution in [0.4, 0.5) is 5.69 Å². The topological polar surface area (TPSA) is 39.1 Å². The average molecular weight is 257 g/mol. The third-order valence-corrected chi connectivity index (χ3v) is 3.54. The summed E-state index contributed by atoms with van der Waals surface area (Å²) in [6, 6.07) is 9.19. The SMILES string of the molecule is CC(C)CNCc1ccc(N(C)C2CC2)c(C#N)c1. The fourth-order valence-corrected chi connectivity index (χ4v) is 2.25. The Morgan fingerprint density at radius 3 is 2.74 bits per heavy atom. The van der Waals surface area contributed by atoms with Crippen molar-refractivity contribution in [2.24, 2.45) is 5.92 Å². The number of nitrogens with one attached hydrogen (secondary N) is 1. The van der Waals surface area contributed by atoms with Gasteiger partial charge in [0.05, 0.1) is 11.3 Å². The van der Waals surface area contributed by atoms with Crippen LogP contribution in [0.3, 0.4) is 0 Å². The van der Waals surface area contributed by atoms with E-state index in [2.05, 4.69) is 49.3 Å². The maximum absolute atomic E-state index is 9.31. The zero-order valence-electron chi connectivity index (χ0n) is 12.1. The second kappa shape index (κ2) is 6.08. The molecule has 0 bridgehead atoms. The summed E-state index contributed by atoms with van der Waals surface area (Å²) in [6.07, 6.45) is 2.50. The van der Waals surface area contributed by atoms with E-state index in [0.717, 1.165) is 24.3 Å². The van der Waals surface area contributed by atoms with Gasteiger partial charge in [0.15, 0.2) is 0 Å². The number of rotatable bonds is 6. The van der Waals surface area contributed by atoms with Gasteiger partial charge in [0.1, 0.15) is 6.07 Å². The summed E-state index contributed by atoms with van der Waals surface area (Å²) in [5.41, 5.74) is 3.04. The lowest BCUT2D eigenvalue weighted by Gasteiger charge is -2.20. The average Bonchev–Trinajstić information content (AvgIpc) is 3.21. The van der Waals surface area contributed by atoms with Gasteiger partial charge in [-0.25, -0.2) is 0 Å². The molecule has 0 aliphatic heterocycles. The number of hydrogen-bond acceptors (Lipinski definition) is 3. The molecule has 0 spiro atoms. The second-order valence-electron chi connectivity index (χ2n) is 5.83. The van der Waals surface area contributed by atoms with Gasteiger partial charge in [-0.1, -0.05) is 19.9 Å². The minimum atomic E-state index is 0.636. The van der Waals surface area contributed by atoms with E-state index in [1.54, 1.807) is 0 Å². The van der Waals surface area contributed by atoms with Gasteiger partial charge in [0.25, 0.3) is 0 Å². The van der Waals surface area contributed by atoms with Crippen LogP contribution in [0, 0.1) is 17.2 Å². The van der Waals surface area contributed by atoms with Crippen LogP contribution in [0.15, 0.2) is 18.2 Å². The molecule has 102 valence electrons. The molecule has 2 rings (SSSR count). The van der Waals surface area contributed by atoms with Crippen molar-refractivity contribution >= 4 is 5.69 Å². The molecule has 0 saturated heterocycles. The minimum absolute atomic E-state index is 0.636. The van der Waals surface area contributed by atoms with Gasteiger partial charge in [-0.15, -0.1) is 0 Å². The molecule has 1 fully saturated rings. The van der Waals surface area contributed by atoms with Crippen LogP contribution in [0.25, 0.3) is 0 Å². The molecule has 0 aromatic heterocycles. The molecule has 1 aromatic rings. The third-order valence-electron chi connectivity index (χ3n) is 3.54. The van der Waals surface area contributed by atoms with Gasteiger partial charge >= 0.3 is 0 Å². The van der Waals surface area contributed by atoms with Gasteiger partial charge in [0, 0.05) is 19.6 Å². The number of benzene rings is 1. The summed E-state index contributed by atoms with van der Waals surface area (Å²) in [6.45, 7) is 6.23. The monoisotopic (exact) mass is 257 g/mol. The molecular weight excluding hydrogens is 234 g/mol. The Kier molecular flexibility index (Phi) is 4.44. The molecule has 19 heavy (non-hydrogen) atoms. The van der Waals surface area contributed by atoms with Crippen molar-refractivity contribution in [3.63, 3.8) is 0 Å². The van der Waals surface area contributed by atoms with Crippen LogP contribution >= 0.6 is 0 Å². The van der Waals surface area contributed by atoms with E-state index in [4.69, 9.17) is 0 Å². The number of nitriles is 1. The number of anilines is 1. The molecule has 0 heterocycles. The zero-order valence-corrected chi connectivity index (χ0v) is 12.1. The van der Waals surface area contributed by atoms with Crippen molar-refractivity contribution in [2.45, 2.75) is 39.3 Å². The molecule has 0 atom stereocenters. The summed E-state index contributed by atoms with van der Waals surface area (Å²) in [5, 5.41) is 12.7. The lowest BCUT2D eigenvalue weighted by atomic mass is 10.1. The fourth-order valence-electron chi connectivity index (χ4n) is 2.25. The highest BCUT2D eigenvalue weighted by atomic mass is 15.2. The molecule has 3 heteroatoms. The van der Waals surface area contributed by atoms with E-state index in [-0.39, 0.29) is 0 Å². The maximum atomic E-state index is 9.31. The van der Waals surface area contributed by atoms with Gasteiger partial charge in [-0.3, -0.25) is 0 Å². The second-order valence-corrected chi connectivity index (χ2v) is 5.83. The summed E-state index contributed by atoms with van der Waals surface area (Å²) < 4.78 is 0. The first kappa shape index (κ1) is 13.9. The molecule has 1 aliphatic rings. The molecule has 3 nitrogen and oxygen atoms in total. The smallest absolute Gasteiger partial charge is 0.101 e. The summed E-state index contributed by atoms with van der Waals surface area (Å²) in [4.78, 5) is 2.24. The van der Waals surface area contributed by atoms with Gasteiger partial charge < -0.3 is 10.2 Å². The van der Waals surface area contributed by atoms with Crippen molar-refractivity contribution in [3.05, 3.63) is 29.3 Å². The maximum Gasteiger partial charge on any atom is 0.101 e. The van der Waals surface area contributed by atoms with E-state index in [0.29, 0.717) is 12.0 Å². The summed E-state index contributed by atoms with van der Waals surface area (Å²) in [7, 11) is 2.09. The molecule has 0 unspecified atom stereocenters. The van der Waals surface area contributed by atoms with Gasteiger partial charge in [-0.2, -0.15) is 5.26 Å². The molecule has 1 aromatic carbocycles. The van der Waals surface area contributed by atoms with Crippen molar-refractivity contribution in [1.29, 1.82) is 5.26 Å². The van der Waals surface area contributed by atoms with Crippen LogP contribution in [0.1, 0.15) is 37.8 Å². The predicted molar refractivity (Wildman–Crippen MR) is 79.1 cm³/mol. The molecule has 0 radical (unpaired) electrons. The van der Waals surface area contributed by atoms with E-state index < -0.39 is 0 Å². The van der Waals surface area contributed by atoms with Crippen LogP contribution in [-0.4, -0.2) is 19.6 Å². The highest BCUT2D eigenvalue weighted by Gasteiger charge is 2.27. The predicted octanol–water partition coefficient (Wildman–Crippen LogP) is 2.90. The van der Waals surface area contributed by atoms with Gasteiger partial charge in [-0.05, 0) is 43.0 Å². The number of hydrogen-bond donors (Lipinski definition) is 1. The van der Waals surface area contributed by atoms with E-state index in [1.807, 2.05) is 6.07 Å². The minimum Gasteiger partial charge on any atom is -0.371 e.